The van der Waals surface area contributed by atoms with E-state index in [1.807, 2.05) is 6.20 Å². The standard InChI is InChI=1S/C13H23N3/c1-11(2)14-10-13-8-9-15-16(13)12-6-4-3-5-7-12/h8-9,11-12,14H,3-7,10H2,1-2H3. The molecule has 1 aromatic rings. The van der Waals surface area contributed by atoms with Crippen LogP contribution in [-0.2, 0) is 6.54 Å². The first-order valence-electron chi connectivity index (χ1n) is 6.53. The fourth-order valence-corrected chi connectivity index (χ4v) is 2.44. The fourth-order valence-electron chi connectivity index (χ4n) is 2.44. The highest BCUT2D eigenvalue weighted by molar-refractivity contribution is 5.02. The number of nitrogens with one attached hydrogen (secondary N) is 1. The first-order valence-corrected chi connectivity index (χ1v) is 6.53. The van der Waals surface area contributed by atoms with Crippen LogP contribution in [0.15, 0.2) is 12.3 Å². The van der Waals surface area contributed by atoms with Crippen LogP contribution in [0.2, 0.25) is 0 Å². The molecule has 1 fully saturated rings. The third-order valence-corrected chi connectivity index (χ3v) is 3.36. The maximum absolute atomic E-state index is 4.49. The SMILES string of the molecule is CC(C)NCc1ccnn1C1CCCCC1. The normalized spacial score (nSPS) is 18.2. The van der Waals surface area contributed by atoms with Gasteiger partial charge in [0.05, 0.1) is 11.7 Å². The predicted molar refractivity (Wildman–Crippen MR) is 66.3 cm³/mol. The van der Waals surface area contributed by atoms with Gasteiger partial charge in [0, 0.05) is 18.8 Å². The average Bonchev–Trinajstić information content (AvgIpc) is 2.75. The zero-order chi connectivity index (χ0) is 11.4. The van der Waals surface area contributed by atoms with Crippen LogP contribution in [0.25, 0.3) is 0 Å². The van der Waals surface area contributed by atoms with Gasteiger partial charge in [-0.1, -0.05) is 33.1 Å². The minimum Gasteiger partial charge on any atom is -0.309 e. The lowest BCUT2D eigenvalue weighted by Gasteiger charge is -2.24. The van der Waals surface area contributed by atoms with Gasteiger partial charge in [-0.3, -0.25) is 4.68 Å². The Morgan fingerprint density at radius 2 is 2.12 bits per heavy atom. The number of rotatable bonds is 4. The van der Waals surface area contributed by atoms with Gasteiger partial charge in [0.1, 0.15) is 0 Å². The van der Waals surface area contributed by atoms with Gasteiger partial charge in [-0.25, -0.2) is 0 Å². The van der Waals surface area contributed by atoms with Crippen molar-refractivity contribution in [3.8, 4) is 0 Å². The molecule has 16 heavy (non-hydrogen) atoms. The quantitative estimate of drug-likeness (QED) is 0.847. The van der Waals surface area contributed by atoms with Crippen molar-refractivity contribution in [2.45, 2.75) is 64.6 Å². The minimum atomic E-state index is 0.537. The van der Waals surface area contributed by atoms with E-state index < -0.39 is 0 Å². The Balaban J connectivity index is 2.00. The van der Waals surface area contributed by atoms with E-state index in [-0.39, 0.29) is 0 Å². The highest BCUT2D eigenvalue weighted by Crippen LogP contribution is 2.28. The van der Waals surface area contributed by atoms with Crippen molar-refractivity contribution in [1.29, 1.82) is 0 Å². The summed E-state index contributed by atoms with van der Waals surface area (Å²) in [5.41, 5.74) is 1.33. The molecule has 0 spiro atoms. The first-order chi connectivity index (χ1) is 7.77. The Morgan fingerprint density at radius 3 is 2.81 bits per heavy atom. The van der Waals surface area contributed by atoms with E-state index in [0.717, 1.165) is 6.54 Å². The highest BCUT2D eigenvalue weighted by atomic mass is 15.3. The van der Waals surface area contributed by atoms with E-state index in [2.05, 4.69) is 35.0 Å². The van der Waals surface area contributed by atoms with Crippen LogP contribution in [0.5, 0.6) is 0 Å². The summed E-state index contributed by atoms with van der Waals surface area (Å²) in [5.74, 6) is 0. The van der Waals surface area contributed by atoms with Gasteiger partial charge in [0.25, 0.3) is 0 Å². The first kappa shape index (κ1) is 11.6. The van der Waals surface area contributed by atoms with Gasteiger partial charge < -0.3 is 5.32 Å². The molecule has 0 radical (unpaired) electrons. The monoisotopic (exact) mass is 221 g/mol. The Bertz CT molecular complexity index is 311. The highest BCUT2D eigenvalue weighted by Gasteiger charge is 2.17. The minimum absolute atomic E-state index is 0.537. The fraction of sp³-hybridized carbons (Fsp3) is 0.769. The summed E-state index contributed by atoms with van der Waals surface area (Å²) in [6.45, 7) is 5.30. The summed E-state index contributed by atoms with van der Waals surface area (Å²) in [6.07, 6.45) is 8.67. The molecule has 0 bridgehead atoms. The molecule has 2 rings (SSSR count). The molecule has 3 heteroatoms. The number of hydrogen-bond acceptors (Lipinski definition) is 2. The summed E-state index contributed by atoms with van der Waals surface area (Å²) in [4.78, 5) is 0. The molecule has 0 amide bonds. The third kappa shape index (κ3) is 2.85. The molecule has 0 aliphatic heterocycles. The summed E-state index contributed by atoms with van der Waals surface area (Å²) in [6, 6.07) is 3.33. The number of nitrogens with zero attached hydrogens (tertiary/aromatic N) is 2. The Labute approximate surface area is 98.2 Å². The van der Waals surface area contributed by atoms with Crippen LogP contribution in [0.1, 0.15) is 57.7 Å². The smallest absolute Gasteiger partial charge is 0.0525 e. The van der Waals surface area contributed by atoms with Crippen LogP contribution in [0.3, 0.4) is 0 Å². The van der Waals surface area contributed by atoms with Crippen molar-refractivity contribution in [3.63, 3.8) is 0 Å². The van der Waals surface area contributed by atoms with Crippen molar-refractivity contribution >= 4 is 0 Å². The van der Waals surface area contributed by atoms with Gasteiger partial charge >= 0.3 is 0 Å². The van der Waals surface area contributed by atoms with E-state index in [1.165, 1.54) is 37.8 Å². The van der Waals surface area contributed by atoms with Crippen LogP contribution >= 0.6 is 0 Å². The maximum Gasteiger partial charge on any atom is 0.0525 e. The molecule has 1 saturated carbocycles. The lowest BCUT2D eigenvalue weighted by Crippen LogP contribution is -2.25. The van der Waals surface area contributed by atoms with E-state index in [9.17, 15) is 0 Å². The molecule has 0 unspecified atom stereocenters. The Kier molecular flexibility index (Phi) is 3.99. The van der Waals surface area contributed by atoms with Gasteiger partial charge in [-0.15, -0.1) is 0 Å². The van der Waals surface area contributed by atoms with Crippen LogP contribution < -0.4 is 5.32 Å². The molecule has 1 heterocycles. The second kappa shape index (κ2) is 5.48. The largest absolute Gasteiger partial charge is 0.309 e. The van der Waals surface area contributed by atoms with E-state index >= 15 is 0 Å². The van der Waals surface area contributed by atoms with Gasteiger partial charge in [0.2, 0.25) is 0 Å². The van der Waals surface area contributed by atoms with E-state index in [1.54, 1.807) is 0 Å². The molecule has 3 nitrogen and oxygen atoms in total. The Morgan fingerprint density at radius 1 is 1.38 bits per heavy atom. The number of hydrogen-bond donors (Lipinski definition) is 1. The molecule has 0 saturated heterocycles. The average molecular weight is 221 g/mol. The maximum atomic E-state index is 4.49. The Hall–Kier alpha value is -0.830. The summed E-state index contributed by atoms with van der Waals surface area (Å²) in [5, 5.41) is 7.96. The third-order valence-electron chi connectivity index (χ3n) is 3.36. The van der Waals surface area contributed by atoms with E-state index in [4.69, 9.17) is 0 Å². The molecular formula is C13H23N3. The zero-order valence-electron chi connectivity index (χ0n) is 10.4. The van der Waals surface area contributed by atoms with Crippen LogP contribution in [-0.4, -0.2) is 15.8 Å². The van der Waals surface area contributed by atoms with Gasteiger partial charge in [-0.2, -0.15) is 5.10 Å². The lowest BCUT2D eigenvalue weighted by atomic mass is 9.95. The summed E-state index contributed by atoms with van der Waals surface area (Å²) in [7, 11) is 0. The molecule has 0 aromatic carbocycles. The van der Waals surface area contributed by atoms with Crippen molar-refractivity contribution in [3.05, 3.63) is 18.0 Å². The van der Waals surface area contributed by atoms with E-state index in [0.29, 0.717) is 12.1 Å². The van der Waals surface area contributed by atoms with Crippen molar-refractivity contribution in [2.75, 3.05) is 0 Å². The molecule has 1 aliphatic rings. The predicted octanol–water partition coefficient (Wildman–Crippen LogP) is 2.89. The van der Waals surface area contributed by atoms with Crippen molar-refractivity contribution in [1.82, 2.24) is 15.1 Å². The molecular weight excluding hydrogens is 198 g/mol. The van der Waals surface area contributed by atoms with Gasteiger partial charge in [0.15, 0.2) is 0 Å². The topological polar surface area (TPSA) is 29.9 Å². The molecule has 1 aliphatic carbocycles. The van der Waals surface area contributed by atoms with Crippen molar-refractivity contribution in [2.24, 2.45) is 0 Å². The zero-order valence-corrected chi connectivity index (χ0v) is 10.4. The van der Waals surface area contributed by atoms with Crippen LogP contribution in [0, 0.1) is 0 Å². The second-order valence-electron chi connectivity index (χ2n) is 5.09. The summed E-state index contributed by atoms with van der Waals surface area (Å²) < 4.78 is 2.24. The number of aromatic nitrogens is 2. The molecule has 90 valence electrons. The molecule has 1 N–H and O–H groups in total. The molecule has 0 atom stereocenters. The summed E-state index contributed by atoms with van der Waals surface area (Å²) >= 11 is 0. The van der Waals surface area contributed by atoms with Gasteiger partial charge in [-0.05, 0) is 18.9 Å². The molecule has 1 aromatic heterocycles. The second-order valence-corrected chi connectivity index (χ2v) is 5.09. The van der Waals surface area contributed by atoms with Crippen molar-refractivity contribution < 1.29 is 0 Å². The van der Waals surface area contributed by atoms with Crippen LogP contribution in [0.4, 0.5) is 0 Å². The lowest BCUT2D eigenvalue weighted by molar-refractivity contribution is 0.319.